The van der Waals surface area contributed by atoms with E-state index in [-0.39, 0.29) is 25.0 Å². The number of esters is 1. The fourth-order valence-corrected chi connectivity index (χ4v) is 6.90. The zero-order chi connectivity index (χ0) is 34.5. The summed E-state index contributed by atoms with van der Waals surface area (Å²) < 4.78 is 19.7. The van der Waals surface area contributed by atoms with Gasteiger partial charge in [-0.1, -0.05) is 20.8 Å². The normalized spacial score (nSPS) is 19.7. The Hall–Kier alpha value is -3.51. The molecule has 0 spiro atoms. The van der Waals surface area contributed by atoms with Crippen molar-refractivity contribution in [2.24, 2.45) is 5.41 Å². The topological polar surface area (TPSA) is 118 Å². The molecule has 2 N–H and O–H groups in total. The largest absolute Gasteiger partial charge is 0.462 e. The highest BCUT2D eigenvalue weighted by Gasteiger charge is 2.43. The van der Waals surface area contributed by atoms with Crippen molar-refractivity contribution in [3.63, 3.8) is 0 Å². The molecule has 4 heterocycles. The van der Waals surface area contributed by atoms with Crippen LogP contribution in [0.5, 0.6) is 0 Å². The van der Waals surface area contributed by atoms with Crippen molar-refractivity contribution in [1.82, 2.24) is 20.0 Å². The maximum absolute atomic E-state index is 13.4. The number of aryl methyl sites for hydroxylation is 1. The minimum atomic E-state index is -1.95. The van der Waals surface area contributed by atoms with Gasteiger partial charge in [-0.2, -0.15) is 5.43 Å². The maximum atomic E-state index is 13.4. The van der Waals surface area contributed by atoms with E-state index in [1.165, 1.54) is 5.01 Å². The SMILES string of the molecule is CCCC(=O)N1CCC[C@](O)(C(=O)OCC(C)(C)Cc2c(-c3cccnc3[C@H](C)OC)n(CC)c3ccc(N4CCCOCC4)cc23)N1. The van der Waals surface area contributed by atoms with Gasteiger partial charge in [-0.15, -0.1) is 0 Å². The van der Waals surface area contributed by atoms with E-state index in [4.69, 9.17) is 19.2 Å². The van der Waals surface area contributed by atoms with Gasteiger partial charge >= 0.3 is 5.97 Å². The number of rotatable bonds is 12. The molecule has 2 fully saturated rings. The first-order valence-electron chi connectivity index (χ1n) is 17.5. The summed E-state index contributed by atoms with van der Waals surface area (Å²) in [6, 6.07) is 10.8. The van der Waals surface area contributed by atoms with E-state index in [1.807, 2.05) is 19.9 Å². The smallest absolute Gasteiger partial charge is 0.355 e. The predicted molar refractivity (Wildman–Crippen MR) is 186 cm³/mol. The molecule has 0 bridgehead atoms. The zero-order valence-electron chi connectivity index (χ0n) is 29.5. The van der Waals surface area contributed by atoms with Crippen LogP contribution in [0, 0.1) is 5.41 Å². The molecule has 48 heavy (non-hydrogen) atoms. The lowest BCUT2D eigenvalue weighted by Gasteiger charge is -2.39. The molecule has 11 heteroatoms. The quantitative estimate of drug-likeness (QED) is 0.246. The molecule has 2 aliphatic heterocycles. The summed E-state index contributed by atoms with van der Waals surface area (Å²) in [6.45, 7) is 14.7. The van der Waals surface area contributed by atoms with Gasteiger partial charge in [-0.3, -0.25) is 14.8 Å². The van der Waals surface area contributed by atoms with Crippen LogP contribution >= 0.6 is 0 Å². The third kappa shape index (κ3) is 7.70. The van der Waals surface area contributed by atoms with Crippen LogP contribution in [-0.2, 0) is 36.8 Å². The Bertz CT molecular complexity index is 1580. The van der Waals surface area contributed by atoms with E-state index in [0.29, 0.717) is 38.8 Å². The Kier molecular flexibility index (Phi) is 11.5. The minimum Gasteiger partial charge on any atom is -0.462 e. The van der Waals surface area contributed by atoms with Gasteiger partial charge in [0.2, 0.25) is 11.6 Å². The summed E-state index contributed by atoms with van der Waals surface area (Å²) in [5.74, 6) is -0.914. The number of benzene rings is 1. The highest BCUT2D eigenvalue weighted by atomic mass is 16.6. The molecular formula is C37H53N5O6. The number of ether oxygens (including phenoxy) is 3. The number of nitrogens with zero attached hydrogens (tertiary/aromatic N) is 4. The molecule has 1 amide bonds. The van der Waals surface area contributed by atoms with E-state index in [2.05, 4.69) is 59.9 Å². The summed E-state index contributed by atoms with van der Waals surface area (Å²) >= 11 is 0. The lowest BCUT2D eigenvalue weighted by Crippen LogP contribution is -2.64. The number of fused-ring (bicyclic) bond motifs is 1. The Balaban J connectivity index is 1.51. The molecule has 11 nitrogen and oxygen atoms in total. The summed E-state index contributed by atoms with van der Waals surface area (Å²) in [5.41, 5.74) is 6.67. The van der Waals surface area contributed by atoms with Crippen molar-refractivity contribution < 1.29 is 28.9 Å². The van der Waals surface area contributed by atoms with Crippen molar-refractivity contribution in [2.75, 3.05) is 51.5 Å². The van der Waals surface area contributed by atoms with Crippen molar-refractivity contribution in [2.45, 2.75) is 91.5 Å². The highest BCUT2D eigenvalue weighted by molar-refractivity contribution is 5.94. The molecular weight excluding hydrogens is 610 g/mol. The first-order valence-corrected chi connectivity index (χ1v) is 17.5. The van der Waals surface area contributed by atoms with Crippen LogP contribution in [0.1, 0.15) is 84.1 Å². The van der Waals surface area contributed by atoms with Crippen molar-refractivity contribution in [3.05, 3.63) is 47.8 Å². The van der Waals surface area contributed by atoms with Gasteiger partial charge in [-0.05, 0) is 75.4 Å². The van der Waals surface area contributed by atoms with E-state index in [1.54, 1.807) is 13.3 Å². The number of carbonyl (C=O) groups excluding carboxylic acids is 2. The van der Waals surface area contributed by atoms with Gasteiger partial charge in [0, 0.05) is 86.5 Å². The van der Waals surface area contributed by atoms with Crippen LogP contribution in [0.25, 0.3) is 22.2 Å². The van der Waals surface area contributed by atoms with Crippen molar-refractivity contribution in [3.8, 4) is 11.3 Å². The Morgan fingerprint density at radius 3 is 2.71 bits per heavy atom. The number of hydrogen-bond acceptors (Lipinski definition) is 9. The highest BCUT2D eigenvalue weighted by Crippen LogP contribution is 2.41. The molecule has 0 radical (unpaired) electrons. The van der Waals surface area contributed by atoms with E-state index in [0.717, 1.165) is 71.8 Å². The average molecular weight is 664 g/mol. The van der Waals surface area contributed by atoms with Crippen LogP contribution in [-0.4, -0.2) is 83.8 Å². The van der Waals surface area contributed by atoms with Gasteiger partial charge < -0.3 is 28.8 Å². The van der Waals surface area contributed by atoms with Crippen molar-refractivity contribution >= 4 is 28.5 Å². The summed E-state index contributed by atoms with van der Waals surface area (Å²) in [4.78, 5) is 33.1. The standard InChI is InChI=1S/C37H53N5O6/c1-7-12-32(43)42-19-10-16-37(45,39-42)35(44)48-25-36(4,5)24-30-29-23-27(40-18-11-21-47-22-20-40)14-15-31(29)41(8-2)34(30)28-13-9-17-38-33(28)26(3)46-6/h9,13-15,17,23,26,39,45H,7-8,10-12,16,18-22,24-25H2,1-6H3/t26-,37-/m0/s1. The average Bonchev–Trinajstić information content (AvgIpc) is 3.21. The fraction of sp³-hybridized carbons (Fsp3) is 0.595. The number of pyridine rings is 1. The predicted octanol–water partition coefficient (Wildman–Crippen LogP) is 5.38. The number of aromatic nitrogens is 2. The monoisotopic (exact) mass is 663 g/mol. The van der Waals surface area contributed by atoms with Gasteiger partial charge in [0.15, 0.2) is 0 Å². The molecule has 2 aromatic heterocycles. The van der Waals surface area contributed by atoms with Gasteiger partial charge in [-0.25, -0.2) is 4.79 Å². The van der Waals surface area contributed by atoms with Crippen LogP contribution in [0.2, 0.25) is 0 Å². The first kappa shape index (κ1) is 35.8. The molecule has 1 aromatic carbocycles. The molecule has 3 aromatic rings. The van der Waals surface area contributed by atoms with Crippen molar-refractivity contribution in [1.29, 1.82) is 0 Å². The summed E-state index contributed by atoms with van der Waals surface area (Å²) in [5, 5.41) is 13.7. The van der Waals surface area contributed by atoms with Crippen LogP contribution in [0.4, 0.5) is 5.69 Å². The number of hydrogen-bond donors (Lipinski definition) is 2. The third-order valence-electron chi connectivity index (χ3n) is 9.48. The van der Waals surface area contributed by atoms with Crippen LogP contribution in [0.15, 0.2) is 36.5 Å². The number of amides is 1. The molecule has 262 valence electrons. The fourth-order valence-electron chi connectivity index (χ4n) is 6.90. The maximum Gasteiger partial charge on any atom is 0.355 e. The van der Waals surface area contributed by atoms with E-state index < -0.39 is 17.1 Å². The van der Waals surface area contributed by atoms with Gasteiger partial charge in [0.1, 0.15) is 0 Å². The second kappa shape index (κ2) is 15.4. The van der Waals surface area contributed by atoms with Crippen LogP contribution < -0.4 is 10.3 Å². The Morgan fingerprint density at radius 2 is 1.96 bits per heavy atom. The second-order valence-corrected chi connectivity index (χ2v) is 13.8. The Labute approximate surface area is 284 Å². The molecule has 0 aliphatic carbocycles. The molecule has 5 rings (SSSR count). The van der Waals surface area contributed by atoms with Gasteiger partial charge in [0.25, 0.3) is 0 Å². The summed E-state index contributed by atoms with van der Waals surface area (Å²) in [7, 11) is 1.70. The molecule has 2 atom stereocenters. The summed E-state index contributed by atoms with van der Waals surface area (Å²) in [6.07, 6.45) is 4.84. The zero-order valence-corrected chi connectivity index (χ0v) is 29.5. The minimum absolute atomic E-state index is 0.0779. The van der Waals surface area contributed by atoms with Crippen LogP contribution in [0.3, 0.4) is 0 Å². The number of hydrazine groups is 1. The van der Waals surface area contributed by atoms with E-state index >= 15 is 0 Å². The first-order chi connectivity index (χ1) is 23.0. The van der Waals surface area contributed by atoms with E-state index in [9.17, 15) is 14.7 Å². The molecule has 0 saturated carbocycles. The lowest BCUT2D eigenvalue weighted by atomic mass is 9.84. The van der Waals surface area contributed by atoms with Gasteiger partial charge in [0.05, 0.1) is 30.7 Å². The number of carbonyl (C=O) groups is 2. The number of methoxy groups -OCH3 is 1. The molecule has 2 aliphatic rings. The number of aliphatic hydroxyl groups is 1. The molecule has 2 saturated heterocycles. The Morgan fingerprint density at radius 1 is 1.15 bits per heavy atom. The number of nitrogens with one attached hydrogen (secondary N) is 1. The lowest BCUT2D eigenvalue weighted by molar-refractivity contribution is -0.188. The number of anilines is 1. The molecule has 0 unspecified atom stereocenters. The second-order valence-electron chi connectivity index (χ2n) is 13.8. The third-order valence-corrected chi connectivity index (χ3v) is 9.48.